The van der Waals surface area contributed by atoms with Crippen LogP contribution < -0.4 is 15.8 Å². The van der Waals surface area contributed by atoms with Crippen LogP contribution >= 0.6 is 0 Å². The number of benzene rings is 2. The Labute approximate surface area is 143 Å². The predicted octanol–water partition coefficient (Wildman–Crippen LogP) is 2.83. The van der Waals surface area contributed by atoms with Crippen LogP contribution in [0.5, 0.6) is 5.75 Å². The van der Waals surface area contributed by atoms with Crippen molar-refractivity contribution in [3.05, 3.63) is 65.7 Å². The SMILES string of the molecule is NCCCNC(=O)C1CC1c1ccc(OCc2ccccc2)cc1. The summed E-state index contributed by atoms with van der Waals surface area (Å²) in [4.78, 5) is 12.0. The van der Waals surface area contributed by atoms with Gasteiger partial charge >= 0.3 is 0 Å². The molecule has 2 aromatic carbocycles. The second-order valence-corrected chi connectivity index (χ2v) is 6.23. The molecule has 0 heterocycles. The van der Waals surface area contributed by atoms with Crippen molar-refractivity contribution >= 4 is 5.91 Å². The van der Waals surface area contributed by atoms with Crippen molar-refractivity contribution in [2.75, 3.05) is 13.1 Å². The van der Waals surface area contributed by atoms with Crippen molar-refractivity contribution in [1.82, 2.24) is 5.32 Å². The van der Waals surface area contributed by atoms with E-state index in [9.17, 15) is 4.79 Å². The van der Waals surface area contributed by atoms with Crippen LogP contribution in [-0.2, 0) is 11.4 Å². The molecule has 1 fully saturated rings. The highest BCUT2D eigenvalue weighted by molar-refractivity contribution is 5.82. The molecule has 4 nitrogen and oxygen atoms in total. The van der Waals surface area contributed by atoms with Gasteiger partial charge < -0.3 is 15.8 Å². The van der Waals surface area contributed by atoms with Crippen LogP contribution in [0.15, 0.2) is 54.6 Å². The van der Waals surface area contributed by atoms with Crippen molar-refractivity contribution in [2.24, 2.45) is 11.7 Å². The Bertz CT molecular complexity index is 655. The quantitative estimate of drug-likeness (QED) is 0.734. The predicted molar refractivity (Wildman–Crippen MR) is 94.7 cm³/mol. The molecule has 4 heteroatoms. The summed E-state index contributed by atoms with van der Waals surface area (Å²) in [6.45, 7) is 1.85. The molecule has 3 rings (SSSR count). The zero-order valence-corrected chi connectivity index (χ0v) is 13.8. The normalized spacial score (nSPS) is 18.9. The molecule has 2 unspecified atom stereocenters. The number of ether oxygens (including phenoxy) is 1. The summed E-state index contributed by atoms with van der Waals surface area (Å²) in [6.07, 6.45) is 1.76. The van der Waals surface area contributed by atoms with Gasteiger partial charge in [-0.05, 0) is 48.6 Å². The van der Waals surface area contributed by atoms with Crippen LogP contribution in [0.2, 0.25) is 0 Å². The van der Waals surface area contributed by atoms with Gasteiger partial charge in [0, 0.05) is 12.5 Å². The van der Waals surface area contributed by atoms with Crippen molar-refractivity contribution in [3.63, 3.8) is 0 Å². The van der Waals surface area contributed by atoms with E-state index in [4.69, 9.17) is 10.5 Å². The summed E-state index contributed by atoms with van der Waals surface area (Å²) in [6, 6.07) is 18.2. The number of amides is 1. The molecule has 0 aliphatic heterocycles. The molecule has 0 radical (unpaired) electrons. The Hall–Kier alpha value is -2.33. The van der Waals surface area contributed by atoms with E-state index in [1.807, 2.05) is 42.5 Å². The first-order valence-corrected chi connectivity index (χ1v) is 8.52. The second-order valence-electron chi connectivity index (χ2n) is 6.23. The number of nitrogens with two attached hydrogens (primary N) is 1. The molecule has 3 N–H and O–H groups in total. The first-order valence-electron chi connectivity index (χ1n) is 8.52. The van der Waals surface area contributed by atoms with Crippen LogP contribution in [0.1, 0.15) is 29.9 Å². The summed E-state index contributed by atoms with van der Waals surface area (Å²) >= 11 is 0. The highest BCUT2D eigenvalue weighted by atomic mass is 16.5. The van der Waals surface area contributed by atoms with Crippen LogP contribution in [0.4, 0.5) is 0 Å². The third-order valence-corrected chi connectivity index (χ3v) is 4.36. The Balaban J connectivity index is 1.48. The van der Waals surface area contributed by atoms with Gasteiger partial charge in [0.15, 0.2) is 0 Å². The van der Waals surface area contributed by atoms with Crippen LogP contribution in [-0.4, -0.2) is 19.0 Å². The highest BCUT2D eigenvalue weighted by Gasteiger charge is 2.43. The molecule has 2 aromatic rings. The standard InChI is InChI=1S/C20H24N2O2/c21-11-4-12-22-20(23)19-13-18(19)16-7-9-17(10-8-16)24-14-15-5-2-1-3-6-15/h1-3,5-10,18-19H,4,11-14,21H2,(H,22,23). The first kappa shape index (κ1) is 16.5. The van der Waals surface area contributed by atoms with Crippen molar-refractivity contribution in [1.29, 1.82) is 0 Å². The maximum absolute atomic E-state index is 12.0. The van der Waals surface area contributed by atoms with E-state index in [2.05, 4.69) is 17.4 Å². The van der Waals surface area contributed by atoms with Gasteiger partial charge in [-0.2, -0.15) is 0 Å². The Morgan fingerprint density at radius 3 is 2.58 bits per heavy atom. The van der Waals surface area contributed by atoms with Gasteiger partial charge in [0.2, 0.25) is 5.91 Å². The molecule has 2 atom stereocenters. The number of rotatable bonds is 8. The lowest BCUT2D eigenvalue weighted by Crippen LogP contribution is -2.27. The number of carbonyl (C=O) groups excluding carboxylic acids is 1. The zero-order valence-electron chi connectivity index (χ0n) is 13.8. The maximum atomic E-state index is 12.0. The Kier molecular flexibility index (Phi) is 5.49. The van der Waals surface area contributed by atoms with E-state index >= 15 is 0 Å². The van der Waals surface area contributed by atoms with Crippen molar-refractivity contribution < 1.29 is 9.53 Å². The molecular formula is C20H24N2O2. The van der Waals surface area contributed by atoms with Crippen molar-refractivity contribution in [2.45, 2.75) is 25.4 Å². The fourth-order valence-corrected chi connectivity index (χ4v) is 2.85. The van der Waals surface area contributed by atoms with Gasteiger partial charge in [-0.25, -0.2) is 0 Å². The van der Waals surface area contributed by atoms with E-state index in [0.29, 0.717) is 25.6 Å². The average Bonchev–Trinajstić information content (AvgIpc) is 3.42. The average molecular weight is 324 g/mol. The van der Waals surface area contributed by atoms with E-state index < -0.39 is 0 Å². The summed E-state index contributed by atoms with van der Waals surface area (Å²) in [5, 5.41) is 2.95. The Morgan fingerprint density at radius 1 is 1.12 bits per heavy atom. The highest BCUT2D eigenvalue weighted by Crippen LogP contribution is 2.47. The first-order chi connectivity index (χ1) is 11.8. The number of carbonyl (C=O) groups is 1. The minimum Gasteiger partial charge on any atom is -0.489 e. The minimum atomic E-state index is 0.110. The van der Waals surface area contributed by atoms with Gasteiger partial charge in [0.05, 0.1) is 0 Å². The summed E-state index contributed by atoms with van der Waals surface area (Å²) in [5.41, 5.74) is 7.80. The molecule has 0 bridgehead atoms. The van der Waals surface area contributed by atoms with Crippen LogP contribution in [0.25, 0.3) is 0 Å². The van der Waals surface area contributed by atoms with E-state index in [-0.39, 0.29) is 11.8 Å². The monoisotopic (exact) mass is 324 g/mol. The van der Waals surface area contributed by atoms with Gasteiger partial charge in [-0.15, -0.1) is 0 Å². The maximum Gasteiger partial charge on any atom is 0.223 e. The fraction of sp³-hybridized carbons (Fsp3) is 0.350. The number of hydrogen-bond donors (Lipinski definition) is 2. The molecule has 0 aromatic heterocycles. The summed E-state index contributed by atoms with van der Waals surface area (Å²) in [7, 11) is 0. The molecule has 126 valence electrons. The molecular weight excluding hydrogens is 300 g/mol. The smallest absolute Gasteiger partial charge is 0.223 e. The van der Waals surface area contributed by atoms with Crippen LogP contribution in [0.3, 0.4) is 0 Å². The Morgan fingerprint density at radius 2 is 1.88 bits per heavy atom. The lowest BCUT2D eigenvalue weighted by atomic mass is 10.1. The topological polar surface area (TPSA) is 64.3 Å². The summed E-state index contributed by atoms with van der Waals surface area (Å²) in [5.74, 6) is 1.45. The number of nitrogens with one attached hydrogen (secondary N) is 1. The van der Waals surface area contributed by atoms with Gasteiger partial charge in [0.25, 0.3) is 0 Å². The van der Waals surface area contributed by atoms with E-state index in [1.54, 1.807) is 0 Å². The van der Waals surface area contributed by atoms with Crippen molar-refractivity contribution in [3.8, 4) is 5.75 Å². The zero-order chi connectivity index (χ0) is 16.8. The molecule has 1 aliphatic carbocycles. The molecule has 1 aliphatic rings. The largest absolute Gasteiger partial charge is 0.489 e. The molecule has 24 heavy (non-hydrogen) atoms. The fourth-order valence-electron chi connectivity index (χ4n) is 2.85. The van der Waals surface area contributed by atoms with E-state index in [0.717, 1.165) is 24.2 Å². The second kappa shape index (κ2) is 7.97. The lowest BCUT2D eigenvalue weighted by Gasteiger charge is -2.08. The van der Waals surface area contributed by atoms with Gasteiger partial charge in [0.1, 0.15) is 12.4 Å². The summed E-state index contributed by atoms with van der Waals surface area (Å²) < 4.78 is 5.80. The third kappa shape index (κ3) is 4.36. The number of hydrogen-bond acceptors (Lipinski definition) is 3. The van der Waals surface area contributed by atoms with Gasteiger partial charge in [-0.1, -0.05) is 42.5 Å². The molecule has 0 saturated heterocycles. The molecule has 1 amide bonds. The molecule has 1 saturated carbocycles. The van der Waals surface area contributed by atoms with Gasteiger partial charge in [-0.3, -0.25) is 4.79 Å². The van der Waals surface area contributed by atoms with E-state index in [1.165, 1.54) is 5.56 Å². The lowest BCUT2D eigenvalue weighted by molar-refractivity contribution is -0.122. The third-order valence-electron chi connectivity index (χ3n) is 4.36. The minimum absolute atomic E-state index is 0.110. The van der Waals surface area contributed by atoms with Crippen LogP contribution in [0, 0.1) is 5.92 Å². The molecule has 0 spiro atoms.